The summed E-state index contributed by atoms with van der Waals surface area (Å²) >= 11 is 0. The van der Waals surface area contributed by atoms with Gasteiger partial charge in [0.05, 0.1) is 34.4 Å². The molecule has 0 rings (SSSR count). The van der Waals surface area contributed by atoms with E-state index in [4.69, 9.17) is 18.9 Å². The zero-order valence-corrected chi connectivity index (χ0v) is 58.8. The van der Waals surface area contributed by atoms with Crippen LogP contribution in [0, 0.1) is 0 Å². The molecule has 0 radical (unpaired) electrons. The number of carboxylic acids is 1. The van der Waals surface area contributed by atoms with Crippen LogP contribution in [0.4, 0.5) is 0 Å². The van der Waals surface area contributed by atoms with E-state index in [1.165, 1.54) is 218 Å². The molecule has 0 bridgehead atoms. The number of esters is 2. The molecule has 2 atom stereocenters. The van der Waals surface area contributed by atoms with E-state index < -0.39 is 18.4 Å². The molecule has 0 spiro atoms. The third kappa shape index (κ3) is 71.5. The number of likely N-dealkylation sites (N-methyl/N-ethyl adjacent to an activating group) is 1. The van der Waals surface area contributed by atoms with Crippen molar-refractivity contribution >= 4 is 17.9 Å². The summed E-state index contributed by atoms with van der Waals surface area (Å²) in [5.41, 5.74) is 0. The number of hydrogen-bond acceptors (Lipinski definition) is 7. The predicted molar refractivity (Wildman–Crippen MR) is 382 cm³/mol. The largest absolute Gasteiger partial charge is 0.477 e. The Balaban J connectivity index is 4.04. The molecule has 0 aliphatic heterocycles. The van der Waals surface area contributed by atoms with Gasteiger partial charge in [-0.25, -0.2) is 4.79 Å². The van der Waals surface area contributed by atoms with Crippen molar-refractivity contribution in [3.05, 3.63) is 97.2 Å². The molecule has 0 amide bonds. The van der Waals surface area contributed by atoms with Gasteiger partial charge in [-0.1, -0.05) is 329 Å². The fourth-order valence-corrected chi connectivity index (χ4v) is 10.7. The Morgan fingerprint density at radius 1 is 0.337 bits per heavy atom. The Labute approximate surface area is 550 Å². The van der Waals surface area contributed by atoms with Crippen LogP contribution in [0.15, 0.2) is 97.2 Å². The second kappa shape index (κ2) is 70.1. The normalized spacial score (nSPS) is 13.2. The molecule has 9 heteroatoms. The smallest absolute Gasteiger partial charge is 0.361 e. The fourth-order valence-electron chi connectivity index (χ4n) is 10.7. The van der Waals surface area contributed by atoms with Crippen LogP contribution >= 0.6 is 0 Å². The highest BCUT2D eigenvalue weighted by atomic mass is 16.7. The van der Waals surface area contributed by atoms with Gasteiger partial charge in [-0.15, -0.1) is 0 Å². The number of carbonyl (C=O) groups is 3. The van der Waals surface area contributed by atoms with Crippen LogP contribution in [0.1, 0.15) is 335 Å². The van der Waals surface area contributed by atoms with Crippen molar-refractivity contribution < 1.29 is 42.9 Å². The monoisotopic (exact) mass is 1250 g/mol. The number of aliphatic carboxylic acids is 1. The average Bonchev–Trinajstić information content (AvgIpc) is 3.64. The van der Waals surface area contributed by atoms with Gasteiger partial charge in [0.2, 0.25) is 0 Å². The highest BCUT2D eigenvalue weighted by Gasteiger charge is 2.25. The SMILES string of the molecule is CC/C=C\C/C=C\C/C=C\C/C=C\CCCCCCCCCCCCCCCCCCCCCCC(=O)OC(COC(=O)CCCCCCCCCCCCCCCCCCCC/C=C\C/C=C\C/C=C\C/C=C\CC)COC(OCC[N+](C)(C)C)C(=O)O. The molecule has 0 saturated heterocycles. The number of unbranched alkanes of at least 4 members (excludes halogenated alkanes) is 38. The summed E-state index contributed by atoms with van der Waals surface area (Å²) in [4.78, 5) is 37.7. The lowest BCUT2D eigenvalue weighted by Crippen LogP contribution is -2.40. The number of rotatable bonds is 69. The first-order valence-corrected chi connectivity index (χ1v) is 37.4. The number of allylic oxidation sites excluding steroid dienone is 16. The summed E-state index contributed by atoms with van der Waals surface area (Å²) < 4.78 is 23.0. The molecule has 89 heavy (non-hydrogen) atoms. The van der Waals surface area contributed by atoms with Crippen LogP contribution in [0.5, 0.6) is 0 Å². The number of quaternary nitrogens is 1. The molecule has 514 valence electrons. The molecule has 0 heterocycles. The topological polar surface area (TPSA) is 108 Å². The van der Waals surface area contributed by atoms with Crippen LogP contribution < -0.4 is 0 Å². The van der Waals surface area contributed by atoms with Crippen molar-refractivity contribution in [2.75, 3.05) is 47.5 Å². The van der Waals surface area contributed by atoms with E-state index in [-0.39, 0.29) is 38.2 Å². The van der Waals surface area contributed by atoms with Crippen LogP contribution in [-0.2, 0) is 33.3 Å². The predicted octanol–water partition coefficient (Wildman–Crippen LogP) is 23.6. The van der Waals surface area contributed by atoms with Crippen molar-refractivity contribution in [1.82, 2.24) is 0 Å². The maximum atomic E-state index is 13.0. The maximum Gasteiger partial charge on any atom is 0.361 e. The number of carboxylic acid groups (broad SMARTS) is 1. The van der Waals surface area contributed by atoms with Gasteiger partial charge in [-0.3, -0.25) is 9.59 Å². The van der Waals surface area contributed by atoms with E-state index >= 15 is 0 Å². The molecule has 0 aromatic rings. The minimum absolute atomic E-state index is 0.181. The Hall–Kier alpha value is -3.79. The number of nitrogens with zero attached hydrogens (tertiary/aromatic N) is 1. The van der Waals surface area contributed by atoms with E-state index in [9.17, 15) is 19.5 Å². The van der Waals surface area contributed by atoms with Crippen LogP contribution in [0.3, 0.4) is 0 Å². The lowest BCUT2D eigenvalue weighted by Gasteiger charge is -2.25. The Bertz CT molecular complexity index is 1790. The molecule has 1 N–H and O–H groups in total. The third-order valence-electron chi connectivity index (χ3n) is 16.3. The van der Waals surface area contributed by atoms with Gasteiger partial charge in [-0.05, 0) is 89.9 Å². The van der Waals surface area contributed by atoms with Crippen molar-refractivity contribution in [3.63, 3.8) is 0 Å². The highest BCUT2D eigenvalue weighted by molar-refractivity contribution is 5.71. The molecule has 2 unspecified atom stereocenters. The summed E-state index contributed by atoms with van der Waals surface area (Å²) in [6.07, 6.45) is 94.0. The van der Waals surface area contributed by atoms with E-state index in [0.29, 0.717) is 17.4 Å². The Morgan fingerprint density at radius 3 is 0.899 bits per heavy atom. The van der Waals surface area contributed by atoms with E-state index in [1.54, 1.807) is 0 Å². The maximum absolute atomic E-state index is 13.0. The second-order valence-electron chi connectivity index (χ2n) is 26.2. The molecule has 0 saturated carbocycles. The average molecular weight is 1250 g/mol. The number of carbonyl (C=O) groups excluding carboxylic acids is 2. The molecule has 0 aliphatic rings. The lowest BCUT2D eigenvalue weighted by atomic mass is 10.0. The summed E-state index contributed by atoms with van der Waals surface area (Å²) in [7, 11) is 5.99. The first-order chi connectivity index (χ1) is 43.6. The van der Waals surface area contributed by atoms with Crippen LogP contribution in [0.2, 0.25) is 0 Å². The van der Waals surface area contributed by atoms with E-state index in [2.05, 4.69) is 111 Å². The van der Waals surface area contributed by atoms with Crippen molar-refractivity contribution in [3.8, 4) is 0 Å². The fraction of sp³-hybridized carbons (Fsp3) is 0.762. The standard InChI is InChI=1S/C80H141NO8/c1-6-8-10-12-14-16-18-20-22-24-26-28-30-32-34-36-38-39-41-43-45-47-49-51-53-55-57-59-61-63-65-67-69-71-78(83)89-76(75-88-80(79(84)85)86-73-72-81(3,4)5)74-87-77(82)70-68-66-64-62-60-58-56-54-52-50-48-46-44-42-40-37-35-33-31-29-27-25-23-21-19-17-15-13-11-9-7-2/h8-11,14-17,20-23,26-29,76,80H,6-7,12-13,18-19,24-25,30-75H2,1-5H3/p+1/b10-8-,11-9-,16-14-,17-15-,22-20-,23-21-,28-26-,29-27-. The van der Waals surface area contributed by atoms with Crippen LogP contribution in [0.25, 0.3) is 0 Å². The lowest BCUT2D eigenvalue weighted by molar-refractivity contribution is -0.870. The van der Waals surface area contributed by atoms with E-state index in [1.807, 2.05) is 21.1 Å². The third-order valence-corrected chi connectivity index (χ3v) is 16.3. The Morgan fingerprint density at radius 2 is 0.607 bits per heavy atom. The molecule has 0 aliphatic carbocycles. The van der Waals surface area contributed by atoms with Gasteiger partial charge < -0.3 is 28.5 Å². The summed E-state index contributed by atoms with van der Waals surface area (Å²) in [6.45, 7) is 4.70. The van der Waals surface area contributed by atoms with Crippen LogP contribution in [-0.4, -0.2) is 87.4 Å². The Kier molecular flexibility index (Phi) is 67.1. The van der Waals surface area contributed by atoms with Gasteiger partial charge in [0.1, 0.15) is 13.2 Å². The molecule has 0 aromatic heterocycles. The summed E-state index contributed by atoms with van der Waals surface area (Å²) in [6, 6.07) is 0. The minimum atomic E-state index is -1.51. The number of ether oxygens (including phenoxy) is 4. The molecule has 0 aromatic carbocycles. The summed E-state index contributed by atoms with van der Waals surface area (Å²) in [5, 5.41) is 9.76. The molecule has 0 fully saturated rings. The zero-order chi connectivity index (χ0) is 64.7. The van der Waals surface area contributed by atoms with Crippen molar-refractivity contribution in [2.45, 2.75) is 347 Å². The van der Waals surface area contributed by atoms with Gasteiger partial charge in [-0.2, -0.15) is 0 Å². The first-order valence-electron chi connectivity index (χ1n) is 37.4. The summed E-state index contributed by atoms with van der Waals surface area (Å²) in [5.74, 6) is -1.99. The quantitative estimate of drug-likeness (QED) is 0.0211. The second-order valence-corrected chi connectivity index (χ2v) is 26.2. The van der Waals surface area contributed by atoms with Crippen molar-refractivity contribution in [2.24, 2.45) is 0 Å². The van der Waals surface area contributed by atoms with Gasteiger partial charge in [0, 0.05) is 12.8 Å². The first kappa shape index (κ1) is 85.2. The van der Waals surface area contributed by atoms with Crippen molar-refractivity contribution in [1.29, 1.82) is 0 Å². The number of hydrogen-bond donors (Lipinski definition) is 1. The van der Waals surface area contributed by atoms with E-state index in [0.717, 1.165) is 89.9 Å². The zero-order valence-electron chi connectivity index (χ0n) is 58.8. The molecule has 9 nitrogen and oxygen atoms in total. The minimum Gasteiger partial charge on any atom is -0.477 e. The van der Waals surface area contributed by atoms with Gasteiger partial charge in [0.25, 0.3) is 6.29 Å². The molecular weight excluding hydrogens is 1100 g/mol. The van der Waals surface area contributed by atoms with Gasteiger partial charge in [0.15, 0.2) is 6.10 Å². The van der Waals surface area contributed by atoms with Gasteiger partial charge >= 0.3 is 17.9 Å². The highest BCUT2D eigenvalue weighted by Crippen LogP contribution is 2.19. The molecular formula is C80H142NO8+.